The summed E-state index contributed by atoms with van der Waals surface area (Å²) in [7, 11) is -3.06. The molecule has 1 atom stereocenters. The smallest absolute Gasteiger partial charge is 0.274 e. The second-order valence-corrected chi connectivity index (χ2v) is 8.52. The topological polar surface area (TPSA) is 79.4 Å². The van der Waals surface area contributed by atoms with Gasteiger partial charge < -0.3 is 10.2 Å². The zero-order valence-electron chi connectivity index (χ0n) is 14.7. The van der Waals surface area contributed by atoms with E-state index in [0.29, 0.717) is 18.7 Å². The molecule has 1 amide bonds. The average Bonchev–Trinajstić information content (AvgIpc) is 2.98. The van der Waals surface area contributed by atoms with Crippen molar-refractivity contribution < 1.29 is 22.0 Å². The van der Waals surface area contributed by atoms with Crippen LogP contribution in [0.25, 0.3) is 0 Å². The largest absolute Gasteiger partial charge is 0.368 e. The number of carbonyl (C=O) groups is 1. The molecule has 1 aromatic carbocycles. The van der Waals surface area contributed by atoms with Gasteiger partial charge in [-0.1, -0.05) is 6.07 Å². The summed E-state index contributed by atoms with van der Waals surface area (Å²) >= 11 is 0. The minimum Gasteiger partial charge on any atom is -0.368 e. The molecular formula is C18H19F2N3O3S. The van der Waals surface area contributed by atoms with Crippen molar-refractivity contribution in [3.63, 3.8) is 0 Å². The predicted molar refractivity (Wildman–Crippen MR) is 98.6 cm³/mol. The summed E-state index contributed by atoms with van der Waals surface area (Å²) in [5.74, 6) is -2.32. The number of nitrogens with one attached hydrogen (secondary N) is 1. The molecule has 1 aliphatic heterocycles. The number of rotatable bonds is 5. The van der Waals surface area contributed by atoms with Crippen LogP contribution in [0.1, 0.15) is 23.8 Å². The maximum atomic E-state index is 13.7. The van der Waals surface area contributed by atoms with Gasteiger partial charge in [-0.2, -0.15) is 0 Å². The molecule has 27 heavy (non-hydrogen) atoms. The molecule has 1 N–H and O–H groups in total. The maximum absolute atomic E-state index is 13.7. The fourth-order valence-corrected chi connectivity index (χ4v) is 4.92. The number of pyridine rings is 1. The van der Waals surface area contributed by atoms with E-state index >= 15 is 0 Å². The fourth-order valence-electron chi connectivity index (χ4n) is 3.19. The predicted octanol–water partition coefficient (Wildman–Crippen LogP) is 2.63. The van der Waals surface area contributed by atoms with Gasteiger partial charge in [0.25, 0.3) is 5.91 Å². The van der Waals surface area contributed by atoms with Gasteiger partial charge in [0.1, 0.15) is 23.0 Å². The van der Waals surface area contributed by atoms with Crippen LogP contribution >= 0.6 is 0 Å². The molecule has 2 aromatic rings. The molecule has 2 heterocycles. The van der Waals surface area contributed by atoms with E-state index in [-0.39, 0.29) is 23.2 Å². The van der Waals surface area contributed by atoms with Gasteiger partial charge in [0.2, 0.25) is 0 Å². The molecule has 144 valence electrons. The van der Waals surface area contributed by atoms with Gasteiger partial charge in [0, 0.05) is 24.5 Å². The number of hydrogen-bond donors (Lipinski definition) is 1. The van der Waals surface area contributed by atoms with E-state index in [9.17, 15) is 22.0 Å². The van der Waals surface area contributed by atoms with E-state index < -0.39 is 33.1 Å². The van der Waals surface area contributed by atoms with Crippen LogP contribution in [0.15, 0.2) is 36.5 Å². The lowest BCUT2D eigenvalue weighted by atomic mass is 10.2. The number of aromatic nitrogens is 1. The monoisotopic (exact) mass is 395 g/mol. The van der Waals surface area contributed by atoms with Crippen molar-refractivity contribution in [2.45, 2.75) is 19.4 Å². The molecule has 0 aliphatic carbocycles. The summed E-state index contributed by atoms with van der Waals surface area (Å²) in [6.07, 6.45) is 1.93. The minimum absolute atomic E-state index is 0.0190. The van der Waals surface area contributed by atoms with Crippen LogP contribution in [-0.2, 0) is 9.84 Å². The third-order valence-corrected chi connectivity index (χ3v) is 6.25. The number of anilines is 2. The zero-order chi connectivity index (χ0) is 19.6. The molecule has 3 rings (SSSR count). The van der Waals surface area contributed by atoms with Crippen LogP contribution in [0.4, 0.5) is 20.2 Å². The van der Waals surface area contributed by atoms with Gasteiger partial charge in [-0.3, -0.25) is 9.78 Å². The Balaban J connectivity index is 1.83. The molecule has 1 aromatic heterocycles. The first kappa shape index (κ1) is 19.2. The van der Waals surface area contributed by atoms with E-state index in [2.05, 4.69) is 10.3 Å². The molecule has 0 spiro atoms. The van der Waals surface area contributed by atoms with E-state index in [1.165, 1.54) is 18.3 Å². The molecular weight excluding hydrogens is 376 g/mol. The Bertz CT molecular complexity index is 946. The van der Waals surface area contributed by atoms with Crippen LogP contribution in [0.5, 0.6) is 0 Å². The molecule has 0 saturated carbocycles. The maximum Gasteiger partial charge on any atom is 0.274 e. The Morgan fingerprint density at radius 2 is 2.00 bits per heavy atom. The van der Waals surface area contributed by atoms with Crippen molar-refractivity contribution >= 4 is 27.1 Å². The summed E-state index contributed by atoms with van der Waals surface area (Å²) in [6, 6.07) is 6.28. The molecule has 0 radical (unpaired) electrons. The van der Waals surface area contributed by atoms with Crippen molar-refractivity contribution in [3.8, 4) is 0 Å². The van der Waals surface area contributed by atoms with Gasteiger partial charge in [-0.15, -0.1) is 0 Å². The Kier molecular flexibility index (Phi) is 5.41. The summed E-state index contributed by atoms with van der Waals surface area (Å²) < 4.78 is 51.0. The average molecular weight is 395 g/mol. The zero-order valence-corrected chi connectivity index (χ0v) is 15.5. The van der Waals surface area contributed by atoms with Gasteiger partial charge in [-0.05, 0) is 37.6 Å². The van der Waals surface area contributed by atoms with Crippen molar-refractivity contribution in [1.29, 1.82) is 0 Å². The number of nitrogens with zero attached hydrogens (tertiary/aromatic N) is 2. The van der Waals surface area contributed by atoms with Crippen molar-refractivity contribution in [3.05, 3.63) is 53.9 Å². The molecule has 0 bridgehead atoms. The number of benzene rings is 1. The molecule has 1 unspecified atom stereocenters. The van der Waals surface area contributed by atoms with Gasteiger partial charge in [0.15, 0.2) is 9.84 Å². The van der Waals surface area contributed by atoms with Gasteiger partial charge >= 0.3 is 0 Å². The Hall–Kier alpha value is -2.55. The highest BCUT2D eigenvalue weighted by Gasteiger charge is 2.32. The van der Waals surface area contributed by atoms with Crippen LogP contribution in [0.2, 0.25) is 0 Å². The standard InChI is InChI=1S/C18H19F2N3O3S/c1-2-23(13-7-9-27(25,26)11-13)12-6-8-21-16(10-12)18(24)22-17-14(19)4-3-5-15(17)20/h3-6,8,10,13H,2,7,9,11H2,1H3,(H,22,24). The lowest BCUT2D eigenvalue weighted by Crippen LogP contribution is -2.36. The molecule has 9 heteroatoms. The summed E-state index contributed by atoms with van der Waals surface area (Å²) in [4.78, 5) is 18.2. The summed E-state index contributed by atoms with van der Waals surface area (Å²) in [6.45, 7) is 2.44. The lowest BCUT2D eigenvalue weighted by molar-refractivity contribution is 0.102. The van der Waals surface area contributed by atoms with E-state index in [1.54, 1.807) is 6.07 Å². The quantitative estimate of drug-likeness (QED) is 0.842. The third kappa shape index (κ3) is 4.24. The van der Waals surface area contributed by atoms with E-state index in [4.69, 9.17) is 0 Å². The first-order valence-electron chi connectivity index (χ1n) is 8.49. The lowest BCUT2D eigenvalue weighted by Gasteiger charge is -2.29. The van der Waals surface area contributed by atoms with Crippen LogP contribution < -0.4 is 10.2 Å². The van der Waals surface area contributed by atoms with Gasteiger partial charge in [-0.25, -0.2) is 17.2 Å². The van der Waals surface area contributed by atoms with Gasteiger partial charge in [0.05, 0.1) is 11.5 Å². The highest BCUT2D eigenvalue weighted by molar-refractivity contribution is 7.91. The molecule has 1 fully saturated rings. The van der Waals surface area contributed by atoms with E-state index in [1.807, 2.05) is 11.8 Å². The fraction of sp³-hybridized carbons (Fsp3) is 0.333. The SMILES string of the molecule is CCN(c1ccnc(C(=O)Nc2c(F)cccc2F)c1)C1CCS(=O)(=O)C1. The van der Waals surface area contributed by atoms with Crippen molar-refractivity contribution in [2.24, 2.45) is 0 Å². The number of amides is 1. The van der Waals surface area contributed by atoms with Crippen LogP contribution in [0, 0.1) is 11.6 Å². The Morgan fingerprint density at radius 3 is 2.59 bits per heavy atom. The second kappa shape index (κ2) is 7.59. The van der Waals surface area contributed by atoms with E-state index in [0.717, 1.165) is 12.1 Å². The normalized spacial score (nSPS) is 18.3. The summed E-state index contributed by atoms with van der Waals surface area (Å²) in [5.41, 5.74) is 0.0761. The third-order valence-electron chi connectivity index (χ3n) is 4.50. The summed E-state index contributed by atoms with van der Waals surface area (Å²) in [5, 5.41) is 2.20. The van der Waals surface area contributed by atoms with Crippen molar-refractivity contribution in [2.75, 3.05) is 28.3 Å². The Labute approximate surface area is 156 Å². The number of hydrogen-bond acceptors (Lipinski definition) is 5. The molecule has 1 saturated heterocycles. The number of carbonyl (C=O) groups excluding carboxylic acids is 1. The highest BCUT2D eigenvalue weighted by Crippen LogP contribution is 2.25. The minimum atomic E-state index is -3.06. The molecule has 1 aliphatic rings. The van der Waals surface area contributed by atoms with Crippen LogP contribution in [-0.4, -0.2) is 43.4 Å². The number of para-hydroxylation sites is 1. The molecule has 6 nitrogen and oxygen atoms in total. The first-order chi connectivity index (χ1) is 12.8. The van der Waals surface area contributed by atoms with Crippen molar-refractivity contribution in [1.82, 2.24) is 4.98 Å². The first-order valence-corrected chi connectivity index (χ1v) is 10.3. The number of sulfone groups is 1. The number of halogens is 2. The highest BCUT2D eigenvalue weighted by atomic mass is 32.2. The Morgan fingerprint density at radius 1 is 1.30 bits per heavy atom. The second-order valence-electron chi connectivity index (χ2n) is 6.29. The van der Waals surface area contributed by atoms with Crippen LogP contribution in [0.3, 0.4) is 0 Å².